The van der Waals surface area contributed by atoms with Crippen LogP contribution in [0.25, 0.3) is 0 Å². The Morgan fingerprint density at radius 2 is 1.92 bits per heavy atom. The highest BCUT2D eigenvalue weighted by Gasteiger charge is 2.32. The summed E-state index contributed by atoms with van der Waals surface area (Å²) in [5.41, 5.74) is 6.91. The molecule has 24 heavy (non-hydrogen) atoms. The van der Waals surface area contributed by atoms with Gasteiger partial charge in [-0.3, -0.25) is 0 Å². The maximum absolute atomic E-state index is 13.2. The number of nitrogens with zero attached hydrogens (tertiary/aromatic N) is 1. The number of ether oxygens (including phenoxy) is 1. The maximum atomic E-state index is 13.2. The van der Waals surface area contributed by atoms with Gasteiger partial charge in [0.05, 0.1) is 12.2 Å². The Balaban J connectivity index is 2.08. The van der Waals surface area contributed by atoms with Crippen LogP contribution in [0.2, 0.25) is 0 Å². The van der Waals surface area contributed by atoms with Gasteiger partial charge in [0.2, 0.25) is 0 Å². The maximum Gasteiger partial charge on any atom is 0.573 e. The molecule has 0 aliphatic heterocycles. The molecule has 0 amide bonds. The molecule has 0 spiro atoms. The zero-order chi connectivity index (χ0) is 17.7. The van der Waals surface area contributed by atoms with Gasteiger partial charge in [-0.05, 0) is 36.2 Å². The molecular formula is C16H15F4N3O. The molecule has 0 heterocycles. The quantitative estimate of drug-likeness (QED) is 0.503. The first-order valence-corrected chi connectivity index (χ1v) is 6.91. The van der Waals surface area contributed by atoms with Crippen molar-refractivity contribution >= 4 is 11.6 Å². The van der Waals surface area contributed by atoms with Crippen molar-refractivity contribution < 1.29 is 22.3 Å². The van der Waals surface area contributed by atoms with E-state index in [0.717, 1.165) is 11.6 Å². The molecule has 0 aromatic heterocycles. The van der Waals surface area contributed by atoms with Gasteiger partial charge in [0.25, 0.3) is 0 Å². The predicted molar refractivity (Wildman–Crippen MR) is 83.2 cm³/mol. The first-order valence-electron chi connectivity index (χ1n) is 6.91. The van der Waals surface area contributed by atoms with Crippen molar-refractivity contribution in [2.24, 2.45) is 10.7 Å². The lowest BCUT2D eigenvalue weighted by Crippen LogP contribution is -2.24. The van der Waals surface area contributed by atoms with E-state index < -0.39 is 12.1 Å². The number of anilines is 1. The Kier molecular flexibility index (Phi) is 5.28. The fourth-order valence-electron chi connectivity index (χ4n) is 1.94. The molecule has 0 aliphatic rings. The second-order valence-electron chi connectivity index (χ2n) is 4.95. The minimum Gasteiger partial charge on any atom is -0.404 e. The summed E-state index contributed by atoms with van der Waals surface area (Å²) in [5.74, 6) is -0.831. The molecule has 0 fully saturated rings. The van der Waals surface area contributed by atoms with Crippen LogP contribution in [0.1, 0.15) is 11.1 Å². The Hall–Kier alpha value is -2.77. The predicted octanol–water partition coefficient (Wildman–Crippen LogP) is 3.96. The molecule has 0 radical (unpaired) electrons. The molecule has 0 bridgehead atoms. The summed E-state index contributed by atoms with van der Waals surface area (Å²) >= 11 is 0. The van der Waals surface area contributed by atoms with Gasteiger partial charge >= 0.3 is 6.36 Å². The van der Waals surface area contributed by atoms with Crippen molar-refractivity contribution in [1.82, 2.24) is 0 Å². The van der Waals surface area contributed by atoms with Crippen LogP contribution >= 0.6 is 0 Å². The minimum atomic E-state index is -4.81. The number of guanidine groups is 1. The zero-order valence-electron chi connectivity index (χ0n) is 12.7. The van der Waals surface area contributed by atoms with E-state index in [1.54, 1.807) is 19.1 Å². The van der Waals surface area contributed by atoms with Crippen molar-refractivity contribution in [3.8, 4) is 5.75 Å². The molecular weight excluding hydrogens is 326 g/mol. The van der Waals surface area contributed by atoms with Gasteiger partial charge in [0.1, 0.15) is 5.82 Å². The molecule has 128 valence electrons. The first kappa shape index (κ1) is 17.6. The fraction of sp³-hybridized carbons (Fsp3) is 0.188. The highest BCUT2D eigenvalue weighted by molar-refractivity contribution is 5.93. The van der Waals surface area contributed by atoms with Gasteiger partial charge in [-0.2, -0.15) is 0 Å². The van der Waals surface area contributed by atoms with Crippen LogP contribution in [0.15, 0.2) is 47.5 Å². The van der Waals surface area contributed by atoms with Crippen molar-refractivity contribution in [3.05, 3.63) is 59.4 Å². The van der Waals surface area contributed by atoms with Crippen molar-refractivity contribution in [2.75, 3.05) is 5.32 Å². The summed E-state index contributed by atoms with van der Waals surface area (Å²) < 4.78 is 54.2. The van der Waals surface area contributed by atoms with Crippen molar-refractivity contribution in [3.63, 3.8) is 0 Å². The second kappa shape index (κ2) is 7.20. The number of nitrogens with two attached hydrogens (primary N) is 1. The minimum absolute atomic E-state index is 0.0337. The lowest BCUT2D eigenvalue weighted by Gasteiger charge is -2.14. The molecule has 0 saturated heterocycles. The van der Waals surface area contributed by atoms with E-state index in [9.17, 15) is 17.6 Å². The number of aliphatic imine (C=N–C) groups is 1. The normalized spacial score (nSPS) is 12.1. The van der Waals surface area contributed by atoms with E-state index in [2.05, 4.69) is 15.0 Å². The van der Waals surface area contributed by atoms with Gasteiger partial charge in [-0.15, -0.1) is 13.2 Å². The number of hydrogen-bond acceptors (Lipinski definition) is 2. The number of hydrogen-bond donors (Lipinski definition) is 2. The van der Waals surface area contributed by atoms with E-state index in [4.69, 9.17) is 5.73 Å². The van der Waals surface area contributed by atoms with E-state index in [0.29, 0.717) is 5.56 Å². The number of alkyl halides is 3. The summed E-state index contributed by atoms with van der Waals surface area (Å²) in [6, 6.07) is 9.96. The molecule has 3 N–H and O–H groups in total. The van der Waals surface area contributed by atoms with Gasteiger partial charge in [-0.1, -0.05) is 24.3 Å². The number of nitrogens with one attached hydrogen (secondary N) is 1. The SMILES string of the molecule is Cc1cc(CN=C(N)Nc2ccccc2OC(F)(F)F)ccc1F. The van der Waals surface area contributed by atoms with Crippen LogP contribution in [-0.2, 0) is 6.54 Å². The standard InChI is InChI=1S/C16H15F4N3O/c1-10-8-11(6-7-12(10)17)9-22-15(21)23-13-4-2-3-5-14(13)24-16(18,19)20/h2-8H,9H2,1H3,(H3,21,22,23). The largest absolute Gasteiger partial charge is 0.573 e. The summed E-state index contributed by atoms with van der Waals surface area (Å²) in [4.78, 5) is 4.02. The van der Waals surface area contributed by atoms with Crippen LogP contribution in [0.4, 0.5) is 23.2 Å². The molecule has 4 nitrogen and oxygen atoms in total. The highest BCUT2D eigenvalue weighted by Crippen LogP contribution is 2.29. The van der Waals surface area contributed by atoms with Crippen molar-refractivity contribution in [1.29, 1.82) is 0 Å². The third kappa shape index (κ3) is 5.15. The van der Waals surface area contributed by atoms with E-state index in [1.807, 2.05) is 0 Å². The zero-order valence-corrected chi connectivity index (χ0v) is 12.7. The smallest absolute Gasteiger partial charge is 0.404 e. The molecule has 2 aromatic carbocycles. The van der Waals surface area contributed by atoms with E-state index in [1.165, 1.54) is 24.3 Å². The highest BCUT2D eigenvalue weighted by atomic mass is 19.4. The lowest BCUT2D eigenvalue weighted by molar-refractivity contribution is -0.274. The molecule has 2 rings (SSSR count). The summed E-state index contributed by atoms with van der Waals surface area (Å²) in [6.07, 6.45) is -4.81. The fourth-order valence-corrected chi connectivity index (χ4v) is 1.94. The third-order valence-corrected chi connectivity index (χ3v) is 3.03. The van der Waals surface area contributed by atoms with Gasteiger partial charge in [0.15, 0.2) is 11.7 Å². The van der Waals surface area contributed by atoms with Crippen LogP contribution in [-0.4, -0.2) is 12.3 Å². The Morgan fingerprint density at radius 3 is 2.58 bits per heavy atom. The third-order valence-electron chi connectivity index (χ3n) is 3.03. The molecule has 0 aliphatic carbocycles. The molecule has 0 unspecified atom stereocenters. The number of halogens is 4. The average molecular weight is 341 g/mol. The number of aryl methyl sites for hydroxylation is 1. The molecule has 0 atom stereocenters. The van der Waals surface area contributed by atoms with Crippen molar-refractivity contribution in [2.45, 2.75) is 19.8 Å². The summed E-state index contributed by atoms with van der Waals surface area (Å²) in [6.45, 7) is 1.77. The molecule has 8 heteroatoms. The summed E-state index contributed by atoms with van der Waals surface area (Å²) in [7, 11) is 0. The monoisotopic (exact) mass is 341 g/mol. The van der Waals surface area contributed by atoms with Crippen LogP contribution in [0.5, 0.6) is 5.75 Å². The number of benzene rings is 2. The number of para-hydroxylation sites is 2. The Bertz CT molecular complexity index is 744. The van der Waals surface area contributed by atoms with Crippen LogP contribution < -0.4 is 15.8 Å². The average Bonchev–Trinajstić information content (AvgIpc) is 2.49. The van der Waals surface area contributed by atoms with Gasteiger partial charge < -0.3 is 15.8 Å². The summed E-state index contributed by atoms with van der Waals surface area (Å²) in [5, 5.41) is 2.56. The second-order valence-corrected chi connectivity index (χ2v) is 4.95. The van der Waals surface area contributed by atoms with Crippen LogP contribution in [0, 0.1) is 12.7 Å². The molecule has 0 saturated carbocycles. The first-order chi connectivity index (χ1) is 11.2. The van der Waals surface area contributed by atoms with Gasteiger partial charge in [0, 0.05) is 0 Å². The lowest BCUT2D eigenvalue weighted by atomic mass is 10.1. The van der Waals surface area contributed by atoms with Gasteiger partial charge in [-0.25, -0.2) is 9.38 Å². The number of rotatable bonds is 4. The molecule has 2 aromatic rings. The van der Waals surface area contributed by atoms with E-state index >= 15 is 0 Å². The van der Waals surface area contributed by atoms with Crippen LogP contribution in [0.3, 0.4) is 0 Å². The Labute approximate surface area is 136 Å². The Morgan fingerprint density at radius 1 is 1.21 bits per heavy atom. The topological polar surface area (TPSA) is 59.6 Å². The van der Waals surface area contributed by atoms with E-state index in [-0.39, 0.29) is 24.0 Å².